The third-order valence-electron chi connectivity index (χ3n) is 2.88. The molecule has 0 radical (unpaired) electrons. The summed E-state index contributed by atoms with van der Waals surface area (Å²) >= 11 is 0. The molecule has 0 aromatic heterocycles. The summed E-state index contributed by atoms with van der Waals surface area (Å²) in [5.41, 5.74) is 8.43. The quantitative estimate of drug-likeness (QED) is 0.766. The number of urea groups is 1. The fourth-order valence-electron chi connectivity index (χ4n) is 1.85. The van der Waals surface area contributed by atoms with Crippen molar-refractivity contribution in [1.29, 1.82) is 0 Å². The molecule has 4 N–H and O–H groups in total. The Bertz CT molecular complexity index is 491. The Morgan fingerprint density at radius 1 is 1.30 bits per heavy atom. The Morgan fingerprint density at radius 3 is 2.30 bits per heavy atom. The summed E-state index contributed by atoms with van der Waals surface area (Å²) in [5, 5.41) is 4.49. The van der Waals surface area contributed by atoms with Crippen LogP contribution in [0.4, 0.5) is 4.79 Å². The number of aryl methyl sites for hydroxylation is 2. The lowest BCUT2D eigenvalue weighted by atomic mass is 10.1. The molecular weight excluding hydrogens is 258 g/mol. The number of carbonyl (C=O) groups is 2. The predicted molar refractivity (Wildman–Crippen MR) is 76.5 cm³/mol. The highest BCUT2D eigenvalue weighted by Gasteiger charge is 2.18. The number of carbonyl (C=O) groups excluding carboxylic acids is 2. The molecule has 3 amide bonds. The van der Waals surface area contributed by atoms with Gasteiger partial charge in [-0.2, -0.15) is 0 Å². The molecule has 6 heteroatoms. The van der Waals surface area contributed by atoms with Crippen molar-refractivity contribution in [3.63, 3.8) is 0 Å². The highest BCUT2D eigenvalue weighted by Crippen LogP contribution is 2.25. The van der Waals surface area contributed by atoms with Crippen molar-refractivity contribution < 1.29 is 14.3 Å². The van der Waals surface area contributed by atoms with Crippen LogP contribution in [0.3, 0.4) is 0 Å². The van der Waals surface area contributed by atoms with Gasteiger partial charge in [-0.1, -0.05) is 12.1 Å². The fraction of sp³-hybridized carbons (Fsp3) is 0.429. The minimum absolute atomic E-state index is 0.453. The van der Waals surface area contributed by atoms with Crippen molar-refractivity contribution in [2.75, 3.05) is 7.05 Å². The Morgan fingerprint density at radius 2 is 1.85 bits per heavy atom. The van der Waals surface area contributed by atoms with Crippen LogP contribution in [-0.2, 0) is 11.3 Å². The van der Waals surface area contributed by atoms with Gasteiger partial charge in [-0.05, 0) is 37.5 Å². The molecule has 1 aromatic rings. The van der Waals surface area contributed by atoms with Crippen LogP contribution in [0.25, 0.3) is 0 Å². The standard InChI is InChI=1S/C14H21N3O3/c1-8-5-11(7-15)6-9(2)12(8)20-10(3)13(18)17-14(19)16-4/h5-6,10H,7,15H2,1-4H3,(H2,16,17,18,19). The predicted octanol–water partition coefficient (Wildman–Crippen LogP) is 0.985. The van der Waals surface area contributed by atoms with Crippen molar-refractivity contribution >= 4 is 11.9 Å². The molecule has 20 heavy (non-hydrogen) atoms. The second-order valence-corrected chi connectivity index (χ2v) is 4.59. The number of hydrogen-bond donors (Lipinski definition) is 3. The fourth-order valence-corrected chi connectivity index (χ4v) is 1.85. The second-order valence-electron chi connectivity index (χ2n) is 4.59. The Balaban J connectivity index is 2.83. The smallest absolute Gasteiger partial charge is 0.321 e. The van der Waals surface area contributed by atoms with Crippen LogP contribution < -0.4 is 21.1 Å². The monoisotopic (exact) mass is 279 g/mol. The molecule has 0 saturated heterocycles. The van der Waals surface area contributed by atoms with E-state index >= 15 is 0 Å². The SMILES string of the molecule is CNC(=O)NC(=O)C(C)Oc1c(C)cc(CN)cc1C. The van der Waals surface area contributed by atoms with E-state index in [9.17, 15) is 9.59 Å². The summed E-state index contributed by atoms with van der Waals surface area (Å²) in [7, 11) is 1.44. The van der Waals surface area contributed by atoms with Crippen molar-refractivity contribution in [1.82, 2.24) is 10.6 Å². The van der Waals surface area contributed by atoms with Crippen LogP contribution >= 0.6 is 0 Å². The van der Waals surface area contributed by atoms with E-state index in [4.69, 9.17) is 10.5 Å². The number of benzene rings is 1. The van der Waals surface area contributed by atoms with Crippen LogP contribution in [0.5, 0.6) is 5.75 Å². The first kappa shape index (κ1) is 16.0. The normalized spacial score (nSPS) is 11.7. The Kier molecular flexibility index (Phi) is 5.52. The molecule has 0 fully saturated rings. The molecule has 0 spiro atoms. The average molecular weight is 279 g/mol. The van der Waals surface area contributed by atoms with E-state index in [0.29, 0.717) is 12.3 Å². The van der Waals surface area contributed by atoms with Gasteiger partial charge in [0.25, 0.3) is 5.91 Å². The number of amides is 3. The highest BCUT2D eigenvalue weighted by atomic mass is 16.5. The van der Waals surface area contributed by atoms with E-state index in [1.807, 2.05) is 26.0 Å². The number of imide groups is 1. The van der Waals surface area contributed by atoms with E-state index < -0.39 is 18.0 Å². The van der Waals surface area contributed by atoms with Gasteiger partial charge in [-0.15, -0.1) is 0 Å². The molecule has 0 bridgehead atoms. The number of rotatable bonds is 4. The largest absolute Gasteiger partial charge is 0.480 e. The summed E-state index contributed by atoms with van der Waals surface area (Å²) in [5.74, 6) is 0.146. The van der Waals surface area contributed by atoms with Crippen LogP contribution in [0.1, 0.15) is 23.6 Å². The minimum Gasteiger partial charge on any atom is -0.480 e. The van der Waals surface area contributed by atoms with Crippen LogP contribution in [0.2, 0.25) is 0 Å². The zero-order chi connectivity index (χ0) is 15.3. The van der Waals surface area contributed by atoms with Crippen LogP contribution in [0.15, 0.2) is 12.1 Å². The molecule has 1 rings (SSSR count). The molecule has 0 heterocycles. The van der Waals surface area contributed by atoms with Crippen molar-refractivity contribution in [3.05, 3.63) is 28.8 Å². The zero-order valence-corrected chi connectivity index (χ0v) is 12.2. The lowest BCUT2D eigenvalue weighted by Gasteiger charge is -2.18. The molecule has 0 saturated carbocycles. The number of hydrogen-bond acceptors (Lipinski definition) is 4. The first-order valence-corrected chi connectivity index (χ1v) is 6.38. The Hall–Kier alpha value is -2.08. The van der Waals surface area contributed by atoms with Gasteiger partial charge in [0, 0.05) is 13.6 Å². The van der Waals surface area contributed by atoms with E-state index in [1.54, 1.807) is 6.92 Å². The Labute approximate surface area is 118 Å². The second kappa shape index (κ2) is 6.91. The summed E-state index contributed by atoms with van der Waals surface area (Å²) < 4.78 is 5.65. The van der Waals surface area contributed by atoms with Gasteiger partial charge in [0.2, 0.25) is 0 Å². The van der Waals surface area contributed by atoms with Gasteiger partial charge in [0.05, 0.1) is 0 Å². The highest BCUT2D eigenvalue weighted by molar-refractivity contribution is 5.96. The first-order chi connectivity index (χ1) is 9.38. The van der Waals surface area contributed by atoms with Gasteiger partial charge >= 0.3 is 6.03 Å². The lowest BCUT2D eigenvalue weighted by Crippen LogP contribution is -2.44. The molecule has 1 atom stereocenters. The van der Waals surface area contributed by atoms with Crippen LogP contribution in [-0.4, -0.2) is 25.1 Å². The van der Waals surface area contributed by atoms with Crippen molar-refractivity contribution in [2.45, 2.75) is 33.4 Å². The summed E-state index contributed by atoms with van der Waals surface area (Å²) in [6.45, 7) is 5.83. The molecule has 110 valence electrons. The maximum atomic E-state index is 11.7. The summed E-state index contributed by atoms with van der Waals surface area (Å²) in [6, 6.07) is 3.29. The molecule has 0 aliphatic rings. The minimum atomic E-state index is -0.770. The van der Waals surface area contributed by atoms with Gasteiger partial charge in [-0.3, -0.25) is 10.1 Å². The van der Waals surface area contributed by atoms with E-state index in [2.05, 4.69) is 10.6 Å². The van der Waals surface area contributed by atoms with E-state index in [0.717, 1.165) is 16.7 Å². The zero-order valence-electron chi connectivity index (χ0n) is 12.2. The molecular formula is C14H21N3O3. The number of ether oxygens (including phenoxy) is 1. The van der Waals surface area contributed by atoms with Gasteiger partial charge < -0.3 is 15.8 Å². The van der Waals surface area contributed by atoms with Crippen molar-refractivity contribution in [2.24, 2.45) is 5.73 Å². The third-order valence-corrected chi connectivity index (χ3v) is 2.88. The molecule has 0 aliphatic carbocycles. The number of nitrogens with one attached hydrogen (secondary N) is 2. The number of nitrogens with two attached hydrogens (primary N) is 1. The van der Waals surface area contributed by atoms with Gasteiger partial charge in [0.1, 0.15) is 5.75 Å². The third kappa shape index (κ3) is 3.96. The maximum Gasteiger partial charge on any atom is 0.321 e. The summed E-state index contributed by atoms with van der Waals surface area (Å²) in [4.78, 5) is 22.8. The topological polar surface area (TPSA) is 93.5 Å². The molecule has 6 nitrogen and oxygen atoms in total. The molecule has 1 aromatic carbocycles. The average Bonchev–Trinajstić information content (AvgIpc) is 2.41. The molecule has 0 aliphatic heterocycles. The maximum absolute atomic E-state index is 11.7. The van der Waals surface area contributed by atoms with E-state index in [1.165, 1.54) is 7.05 Å². The summed E-state index contributed by atoms with van der Waals surface area (Å²) in [6.07, 6.45) is -0.770. The van der Waals surface area contributed by atoms with Crippen molar-refractivity contribution in [3.8, 4) is 5.75 Å². The van der Waals surface area contributed by atoms with Crippen LogP contribution in [0, 0.1) is 13.8 Å². The van der Waals surface area contributed by atoms with Gasteiger partial charge in [-0.25, -0.2) is 4.79 Å². The first-order valence-electron chi connectivity index (χ1n) is 6.38. The molecule has 1 unspecified atom stereocenters. The van der Waals surface area contributed by atoms with Gasteiger partial charge in [0.15, 0.2) is 6.10 Å². The van der Waals surface area contributed by atoms with E-state index in [-0.39, 0.29) is 0 Å². The lowest BCUT2D eigenvalue weighted by molar-refractivity contribution is -0.126.